The van der Waals surface area contributed by atoms with Gasteiger partial charge in [0, 0.05) is 35.7 Å². The van der Waals surface area contributed by atoms with Gasteiger partial charge in [-0.15, -0.1) is 0 Å². The standard InChI is InChI=1S/C13H19BrN2O/c1-9(17)11-2-3-16(8-11)13-5-10(7-15)4-12(14)6-13/h4-6,9,11,17H,2-3,7-8,15H2,1H3. The third-order valence-electron chi connectivity index (χ3n) is 3.45. The van der Waals surface area contributed by atoms with Crippen molar-refractivity contribution in [2.24, 2.45) is 11.7 Å². The lowest BCUT2D eigenvalue weighted by Crippen LogP contribution is -2.24. The molecule has 2 unspecified atom stereocenters. The zero-order valence-electron chi connectivity index (χ0n) is 10.1. The van der Waals surface area contributed by atoms with E-state index in [-0.39, 0.29) is 6.10 Å². The molecule has 1 aromatic carbocycles. The summed E-state index contributed by atoms with van der Waals surface area (Å²) in [5.41, 5.74) is 8.01. The smallest absolute Gasteiger partial charge is 0.0557 e. The molecule has 4 heteroatoms. The molecule has 0 amide bonds. The molecule has 2 atom stereocenters. The van der Waals surface area contributed by atoms with Gasteiger partial charge < -0.3 is 15.7 Å². The van der Waals surface area contributed by atoms with Gasteiger partial charge in [-0.2, -0.15) is 0 Å². The Morgan fingerprint density at radius 3 is 2.88 bits per heavy atom. The van der Waals surface area contributed by atoms with Crippen molar-refractivity contribution in [2.75, 3.05) is 18.0 Å². The maximum absolute atomic E-state index is 9.62. The molecule has 94 valence electrons. The summed E-state index contributed by atoms with van der Waals surface area (Å²) in [5, 5.41) is 9.62. The summed E-state index contributed by atoms with van der Waals surface area (Å²) in [6.45, 7) is 4.37. The molecular formula is C13H19BrN2O. The van der Waals surface area contributed by atoms with E-state index in [9.17, 15) is 5.11 Å². The second kappa shape index (κ2) is 5.38. The van der Waals surface area contributed by atoms with E-state index < -0.39 is 0 Å². The Kier molecular flexibility index (Phi) is 4.07. The fourth-order valence-electron chi connectivity index (χ4n) is 2.35. The van der Waals surface area contributed by atoms with E-state index in [4.69, 9.17) is 5.73 Å². The van der Waals surface area contributed by atoms with Gasteiger partial charge in [-0.1, -0.05) is 15.9 Å². The van der Waals surface area contributed by atoms with Crippen LogP contribution in [-0.4, -0.2) is 24.3 Å². The van der Waals surface area contributed by atoms with Crippen molar-refractivity contribution < 1.29 is 5.11 Å². The molecule has 1 heterocycles. The highest BCUT2D eigenvalue weighted by Gasteiger charge is 2.26. The summed E-state index contributed by atoms with van der Waals surface area (Å²) in [7, 11) is 0. The fourth-order valence-corrected chi connectivity index (χ4v) is 2.88. The van der Waals surface area contributed by atoms with Crippen molar-refractivity contribution in [1.82, 2.24) is 0 Å². The van der Waals surface area contributed by atoms with Crippen LogP contribution in [0.5, 0.6) is 0 Å². The van der Waals surface area contributed by atoms with Gasteiger partial charge in [-0.25, -0.2) is 0 Å². The van der Waals surface area contributed by atoms with Gasteiger partial charge >= 0.3 is 0 Å². The normalized spacial score (nSPS) is 21.9. The molecule has 0 spiro atoms. The molecule has 1 fully saturated rings. The van der Waals surface area contributed by atoms with E-state index in [1.165, 1.54) is 5.69 Å². The maximum Gasteiger partial charge on any atom is 0.0557 e. The summed E-state index contributed by atoms with van der Waals surface area (Å²) >= 11 is 3.51. The molecule has 0 bridgehead atoms. The predicted molar refractivity (Wildman–Crippen MR) is 74.0 cm³/mol. The highest BCUT2D eigenvalue weighted by atomic mass is 79.9. The quantitative estimate of drug-likeness (QED) is 0.899. The molecule has 1 aromatic rings. The first kappa shape index (κ1) is 12.9. The average Bonchev–Trinajstić information content (AvgIpc) is 2.77. The van der Waals surface area contributed by atoms with Gasteiger partial charge in [0.25, 0.3) is 0 Å². The average molecular weight is 299 g/mol. The number of hydrogen-bond acceptors (Lipinski definition) is 3. The van der Waals surface area contributed by atoms with Crippen LogP contribution in [0.4, 0.5) is 5.69 Å². The Morgan fingerprint density at radius 1 is 1.53 bits per heavy atom. The highest BCUT2D eigenvalue weighted by Crippen LogP contribution is 2.29. The number of aliphatic hydroxyl groups is 1. The van der Waals surface area contributed by atoms with E-state index in [1.54, 1.807) is 0 Å². The van der Waals surface area contributed by atoms with Crippen molar-refractivity contribution in [3.05, 3.63) is 28.2 Å². The van der Waals surface area contributed by atoms with E-state index >= 15 is 0 Å². The number of rotatable bonds is 3. The van der Waals surface area contributed by atoms with Gasteiger partial charge in [-0.05, 0) is 37.1 Å². The Morgan fingerprint density at radius 2 is 2.29 bits per heavy atom. The van der Waals surface area contributed by atoms with Gasteiger partial charge in [0.15, 0.2) is 0 Å². The van der Waals surface area contributed by atoms with Crippen molar-refractivity contribution in [1.29, 1.82) is 0 Å². The predicted octanol–water partition coefficient (Wildman–Crippen LogP) is 2.11. The zero-order chi connectivity index (χ0) is 12.4. The molecular weight excluding hydrogens is 280 g/mol. The molecule has 1 aliphatic heterocycles. The minimum atomic E-state index is -0.221. The molecule has 2 rings (SSSR count). The molecule has 0 aromatic heterocycles. The van der Waals surface area contributed by atoms with Gasteiger partial charge in [0.2, 0.25) is 0 Å². The van der Waals surface area contributed by atoms with Gasteiger partial charge in [0.05, 0.1) is 6.10 Å². The lowest BCUT2D eigenvalue weighted by molar-refractivity contribution is 0.136. The van der Waals surface area contributed by atoms with Crippen molar-refractivity contribution in [3.8, 4) is 0 Å². The van der Waals surface area contributed by atoms with Crippen LogP contribution in [0.2, 0.25) is 0 Å². The van der Waals surface area contributed by atoms with Crippen molar-refractivity contribution in [3.63, 3.8) is 0 Å². The largest absolute Gasteiger partial charge is 0.393 e. The van der Waals surface area contributed by atoms with E-state index in [1.807, 2.05) is 13.0 Å². The van der Waals surface area contributed by atoms with E-state index in [0.717, 1.165) is 29.5 Å². The first-order valence-corrected chi connectivity index (χ1v) is 6.82. The number of nitrogens with zero attached hydrogens (tertiary/aromatic N) is 1. The second-order valence-electron chi connectivity index (χ2n) is 4.76. The maximum atomic E-state index is 9.62. The topological polar surface area (TPSA) is 49.5 Å². The summed E-state index contributed by atoms with van der Waals surface area (Å²) in [5.74, 6) is 0.385. The van der Waals surface area contributed by atoms with Crippen molar-refractivity contribution >= 4 is 21.6 Å². The van der Waals surface area contributed by atoms with Crippen LogP contribution in [0.3, 0.4) is 0 Å². The van der Waals surface area contributed by atoms with Crippen LogP contribution in [-0.2, 0) is 6.54 Å². The van der Waals surface area contributed by atoms with Crippen LogP contribution < -0.4 is 10.6 Å². The first-order chi connectivity index (χ1) is 8.10. The number of nitrogens with two attached hydrogens (primary N) is 1. The Balaban J connectivity index is 2.15. The van der Waals surface area contributed by atoms with E-state index in [2.05, 4.69) is 33.0 Å². The number of hydrogen-bond donors (Lipinski definition) is 2. The van der Waals surface area contributed by atoms with E-state index in [0.29, 0.717) is 12.5 Å². The van der Waals surface area contributed by atoms with Crippen LogP contribution in [0.15, 0.2) is 22.7 Å². The first-order valence-electron chi connectivity index (χ1n) is 6.02. The summed E-state index contributed by atoms with van der Waals surface area (Å²) < 4.78 is 1.07. The molecule has 3 N–H and O–H groups in total. The second-order valence-corrected chi connectivity index (χ2v) is 5.67. The Labute approximate surface area is 111 Å². The minimum Gasteiger partial charge on any atom is -0.393 e. The van der Waals surface area contributed by atoms with Crippen LogP contribution in [0.1, 0.15) is 18.9 Å². The number of halogens is 1. The number of benzene rings is 1. The lowest BCUT2D eigenvalue weighted by atomic mass is 10.0. The number of aliphatic hydroxyl groups excluding tert-OH is 1. The molecule has 0 radical (unpaired) electrons. The van der Waals surface area contributed by atoms with Gasteiger partial charge in [0.1, 0.15) is 0 Å². The summed E-state index contributed by atoms with van der Waals surface area (Å²) in [4.78, 5) is 2.32. The summed E-state index contributed by atoms with van der Waals surface area (Å²) in [6.07, 6.45) is 0.837. The zero-order valence-corrected chi connectivity index (χ0v) is 11.7. The molecule has 3 nitrogen and oxygen atoms in total. The molecule has 0 aliphatic carbocycles. The number of anilines is 1. The summed E-state index contributed by atoms with van der Waals surface area (Å²) in [6, 6.07) is 6.30. The fraction of sp³-hybridized carbons (Fsp3) is 0.538. The van der Waals surface area contributed by atoms with Crippen LogP contribution in [0, 0.1) is 5.92 Å². The van der Waals surface area contributed by atoms with Crippen molar-refractivity contribution in [2.45, 2.75) is 26.0 Å². The van der Waals surface area contributed by atoms with Crippen LogP contribution >= 0.6 is 15.9 Å². The molecule has 1 aliphatic rings. The van der Waals surface area contributed by atoms with Gasteiger partial charge in [-0.3, -0.25) is 0 Å². The third kappa shape index (κ3) is 3.00. The monoisotopic (exact) mass is 298 g/mol. The third-order valence-corrected chi connectivity index (χ3v) is 3.91. The minimum absolute atomic E-state index is 0.221. The molecule has 1 saturated heterocycles. The molecule has 0 saturated carbocycles. The highest BCUT2D eigenvalue weighted by molar-refractivity contribution is 9.10. The Hall–Kier alpha value is -0.580. The molecule has 17 heavy (non-hydrogen) atoms. The lowest BCUT2D eigenvalue weighted by Gasteiger charge is -2.20. The van der Waals surface area contributed by atoms with Crippen LogP contribution in [0.25, 0.3) is 0 Å². The SMILES string of the molecule is CC(O)C1CCN(c2cc(Br)cc(CN)c2)C1. The Bertz CT molecular complexity index is 395.